The van der Waals surface area contributed by atoms with E-state index in [2.05, 4.69) is 16.0 Å². The maximum atomic E-state index is 9.76. The molecule has 1 unspecified atom stereocenters. The number of rotatable bonds is 1. The maximum Gasteiger partial charge on any atom is 0.0722 e. The van der Waals surface area contributed by atoms with Crippen molar-refractivity contribution in [3.8, 4) is 0 Å². The molecule has 1 atom stereocenters. The van der Waals surface area contributed by atoms with Gasteiger partial charge in [0.05, 0.1) is 11.6 Å². The van der Waals surface area contributed by atoms with E-state index in [1.54, 1.807) is 0 Å². The summed E-state index contributed by atoms with van der Waals surface area (Å²) in [4.78, 5) is 6.63. The minimum Gasteiger partial charge on any atom is -0.391 e. The first-order valence-electron chi connectivity index (χ1n) is 6.11. The number of aliphatic hydroxyl groups is 1. The summed E-state index contributed by atoms with van der Waals surface area (Å²) in [5.74, 6) is 0. The molecule has 0 saturated carbocycles. The molecule has 2 heterocycles. The number of piperidine rings is 1. The molecule has 1 aromatic heterocycles. The Morgan fingerprint density at radius 3 is 3.00 bits per heavy atom. The van der Waals surface area contributed by atoms with Crippen LogP contribution in [0.3, 0.4) is 0 Å². The molecule has 0 spiro atoms. The zero-order chi connectivity index (χ0) is 11.7. The molecule has 3 heteroatoms. The average Bonchev–Trinajstić information content (AvgIpc) is 2.38. The molecule has 1 saturated heterocycles. The fourth-order valence-corrected chi connectivity index (χ4v) is 2.53. The molecule has 1 aliphatic rings. The minimum atomic E-state index is -0.198. The van der Waals surface area contributed by atoms with Crippen molar-refractivity contribution in [2.75, 3.05) is 18.0 Å². The van der Waals surface area contributed by atoms with Gasteiger partial charge >= 0.3 is 0 Å². The number of para-hydroxylation sites is 1. The van der Waals surface area contributed by atoms with Gasteiger partial charge in [-0.1, -0.05) is 18.2 Å². The van der Waals surface area contributed by atoms with Crippen LogP contribution in [0, 0.1) is 0 Å². The third-order valence-corrected chi connectivity index (χ3v) is 3.36. The van der Waals surface area contributed by atoms with E-state index in [9.17, 15) is 5.11 Å². The Morgan fingerprint density at radius 1 is 1.24 bits per heavy atom. The minimum absolute atomic E-state index is 0.198. The molecular weight excluding hydrogens is 212 g/mol. The number of nitrogens with zero attached hydrogens (tertiary/aromatic N) is 2. The molecule has 2 aromatic rings. The largest absolute Gasteiger partial charge is 0.391 e. The summed E-state index contributed by atoms with van der Waals surface area (Å²) in [6.07, 6.45) is 3.62. The first-order valence-corrected chi connectivity index (χ1v) is 6.11. The van der Waals surface area contributed by atoms with Gasteiger partial charge in [0.2, 0.25) is 0 Å². The summed E-state index contributed by atoms with van der Waals surface area (Å²) < 4.78 is 0. The Kier molecular flexibility index (Phi) is 2.69. The van der Waals surface area contributed by atoms with Crippen molar-refractivity contribution in [3.05, 3.63) is 36.5 Å². The van der Waals surface area contributed by atoms with Gasteiger partial charge in [0, 0.05) is 30.4 Å². The molecule has 0 radical (unpaired) electrons. The van der Waals surface area contributed by atoms with E-state index >= 15 is 0 Å². The van der Waals surface area contributed by atoms with Crippen LogP contribution in [0.2, 0.25) is 0 Å². The van der Waals surface area contributed by atoms with E-state index in [4.69, 9.17) is 0 Å². The third-order valence-electron chi connectivity index (χ3n) is 3.36. The van der Waals surface area contributed by atoms with Gasteiger partial charge in [-0.15, -0.1) is 0 Å². The fourth-order valence-electron chi connectivity index (χ4n) is 2.53. The van der Waals surface area contributed by atoms with Gasteiger partial charge in [-0.3, -0.25) is 4.98 Å². The van der Waals surface area contributed by atoms with E-state index in [1.165, 1.54) is 11.1 Å². The standard InChI is InChI=1S/C14H16N2O/c17-11-4-3-9-16(10-11)14-7-8-15-13-6-2-1-5-12(13)14/h1-2,5-8,11,17H,3-4,9-10H2. The van der Waals surface area contributed by atoms with Crippen LogP contribution >= 0.6 is 0 Å². The van der Waals surface area contributed by atoms with Gasteiger partial charge in [0.25, 0.3) is 0 Å². The van der Waals surface area contributed by atoms with E-state index < -0.39 is 0 Å². The lowest BCUT2D eigenvalue weighted by molar-refractivity contribution is 0.154. The van der Waals surface area contributed by atoms with E-state index in [-0.39, 0.29) is 6.10 Å². The molecule has 17 heavy (non-hydrogen) atoms. The SMILES string of the molecule is OC1CCCN(c2ccnc3ccccc23)C1. The Labute approximate surface area is 101 Å². The molecule has 0 aliphatic carbocycles. The topological polar surface area (TPSA) is 36.4 Å². The Hall–Kier alpha value is -1.61. The quantitative estimate of drug-likeness (QED) is 0.813. The smallest absolute Gasteiger partial charge is 0.0722 e. The summed E-state index contributed by atoms with van der Waals surface area (Å²) in [6, 6.07) is 10.2. The van der Waals surface area contributed by atoms with Crippen LogP contribution in [-0.2, 0) is 0 Å². The van der Waals surface area contributed by atoms with E-state index in [0.29, 0.717) is 0 Å². The van der Waals surface area contributed by atoms with Crippen LogP contribution in [0.25, 0.3) is 10.9 Å². The van der Waals surface area contributed by atoms with Gasteiger partial charge in [0.15, 0.2) is 0 Å². The highest BCUT2D eigenvalue weighted by atomic mass is 16.3. The molecule has 3 rings (SSSR count). The highest BCUT2D eigenvalue weighted by molar-refractivity contribution is 5.91. The van der Waals surface area contributed by atoms with Crippen molar-refractivity contribution >= 4 is 16.6 Å². The van der Waals surface area contributed by atoms with Gasteiger partial charge in [-0.25, -0.2) is 0 Å². The predicted molar refractivity (Wildman–Crippen MR) is 69.2 cm³/mol. The average molecular weight is 228 g/mol. The highest BCUT2D eigenvalue weighted by Crippen LogP contribution is 2.27. The zero-order valence-corrected chi connectivity index (χ0v) is 9.71. The van der Waals surface area contributed by atoms with Crippen LogP contribution in [0.15, 0.2) is 36.5 Å². The second-order valence-corrected chi connectivity index (χ2v) is 4.59. The van der Waals surface area contributed by atoms with Crippen LogP contribution in [-0.4, -0.2) is 29.3 Å². The molecule has 1 aliphatic heterocycles. The first-order chi connectivity index (χ1) is 8.34. The lowest BCUT2D eigenvalue weighted by atomic mass is 10.1. The fraction of sp³-hybridized carbons (Fsp3) is 0.357. The number of fused-ring (bicyclic) bond motifs is 1. The molecule has 1 N–H and O–H groups in total. The molecule has 3 nitrogen and oxygen atoms in total. The van der Waals surface area contributed by atoms with Crippen LogP contribution < -0.4 is 4.90 Å². The molecule has 0 amide bonds. The number of aromatic nitrogens is 1. The summed E-state index contributed by atoms with van der Waals surface area (Å²) in [6.45, 7) is 1.75. The lowest BCUT2D eigenvalue weighted by Gasteiger charge is -2.32. The normalized spacial score (nSPS) is 20.8. The van der Waals surface area contributed by atoms with Crippen molar-refractivity contribution in [3.63, 3.8) is 0 Å². The highest BCUT2D eigenvalue weighted by Gasteiger charge is 2.19. The summed E-state index contributed by atoms with van der Waals surface area (Å²) in [7, 11) is 0. The van der Waals surface area contributed by atoms with Crippen LogP contribution in [0.1, 0.15) is 12.8 Å². The summed E-state index contributed by atoms with van der Waals surface area (Å²) in [5, 5.41) is 10.9. The van der Waals surface area contributed by atoms with Crippen molar-refractivity contribution in [1.82, 2.24) is 4.98 Å². The summed E-state index contributed by atoms with van der Waals surface area (Å²) >= 11 is 0. The lowest BCUT2D eigenvalue weighted by Crippen LogP contribution is -2.38. The molecule has 88 valence electrons. The Bertz CT molecular complexity index is 521. The molecule has 1 aromatic carbocycles. The van der Waals surface area contributed by atoms with Gasteiger partial charge in [0.1, 0.15) is 0 Å². The monoisotopic (exact) mass is 228 g/mol. The van der Waals surface area contributed by atoms with Crippen molar-refractivity contribution in [2.24, 2.45) is 0 Å². The zero-order valence-electron chi connectivity index (χ0n) is 9.71. The second kappa shape index (κ2) is 4.34. The molecular formula is C14H16N2O. The number of β-amino-alcohol motifs (C(OH)–C–C–N with tert-alkyl or cyclic N) is 1. The van der Waals surface area contributed by atoms with Crippen LogP contribution in [0.4, 0.5) is 5.69 Å². The number of anilines is 1. The predicted octanol–water partition coefficient (Wildman–Crippen LogP) is 2.20. The number of hydrogen-bond acceptors (Lipinski definition) is 3. The number of hydrogen-bond donors (Lipinski definition) is 1. The molecule has 1 fully saturated rings. The van der Waals surface area contributed by atoms with Gasteiger partial charge in [-0.2, -0.15) is 0 Å². The second-order valence-electron chi connectivity index (χ2n) is 4.59. The first kappa shape index (κ1) is 10.5. The Morgan fingerprint density at radius 2 is 2.12 bits per heavy atom. The van der Waals surface area contributed by atoms with Crippen LogP contribution in [0.5, 0.6) is 0 Å². The number of aliphatic hydroxyl groups excluding tert-OH is 1. The van der Waals surface area contributed by atoms with Gasteiger partial charge < -0.3 is 10.0 Å². The third kappa shape index (κ3) is 1.98. The van der Waals surface area contributed by atoms with Crippen molar-refractivity contribution in [1.29, 1.82) is 0 Å². The van der Waals surface area contributed by atoms with Crippen molar-refractivity contribution < 1.29 is 5.11 Å². The Balaban J connectivity index is 2.04. The number of benzene rings is 1. The summed E-state index contributed by atoms with van der Waals surface area (Å²) in [5.41, 5.74) is 2.21. The molecule has 0 bridgehead atoms. The van der Waals surface area contributed by atoms with Crippen molar-refractivity contribution in [2.45, 2.75) is 18.9 Å². The van der Waals surface area contributed by atoms with Gasteiger partial charge in [-0.05, 0) is 25.0 Å². The van der Waals surface area contributed by atoms with E-state index in [0.717, 1.165) is 31.4 Å². The van der Waals surface area contributed by atoms with E-state index in [1.807, 2.05) is 30.5 Å². The maximum absolute atomic E-state index is 9.76. The number of pyridine rings is 1.